The maximum absolute atomic E-state index is 10.2. The molecule has 0 aliphatic heterocycles. The number of aliphatic hydroxyl groups excluding tert-OH is 1. The summed E-state index contributed by atoms with van der Waals surface area (Å²) < 4.78 is 0. The first-order chi connectivity index (χ1) is 4.81. The predicted molar refractivity (Wildman–Crippen MR) is 39.8 cm³/mol. The largest absolute Gasteiger partial charge is 3.00 e. The molecule has 0 aromatic heterocycles. The maximum atomic E-state index is 10.2. The molecule has 0 aromatic carbocycles. The van der Waals surface area contributed by atoms with Gasteiger partial charge in [-0.1, -0.05) is 13.3 Å². The Hall–Kier alpha value is -0.0775. The van der Waals surface area contributed by atoms with Gasteiger partial charge >= 0.3 is 23.3 Å². The van der Waals surface area contributed by atoms with E-state index in [0.717, 1.165) is 12.8 Å². The summed E-state index contributed by atoms with van der Waals surface area (Å²) in [6.45, 7) is 1.76. The van der Waals surface area contributed by atoms with E-state index in [9.17, 15) is 4.79 Å². The summed E-state index contributed by atoms with van der Waals surface area (Å²) in [5.41, 5.74) is 0. The molecule has 0 aliphatic carbocycles. The molecule has 4 nitrogen and oxygen atoms in total. The van der Waals surface area contributed by atoms with Crippen molar-refractivity contribution in [3.63, 3.8) is 0 Å². The number of hydrogen-bond acceptors (Lipinski definition) is 4. The van der Waals surface area contributed by atoms with E-state index in [1.807, 2.05) is 6.92 Å². The average Bonchev–Trinajstić information content (AvgIpc) is 1.98. The molecule has 0 saturated carbocycles. The van der Waals surface area contributed by atoms with E-state index >= 15 is 0 Å². The van der Waals surface area contributed by atoms with Gasteiger partial charge in [-0.2, -0.15) is 4.89 Å². The van der Waals surface area contributed by atoms with Crippen molar-refractivity contribution in [2.75, 3.05) is 13.2 Å². The number of unbranched alkanes of at least 4 members (excludes halogenated alkanes) is 1. The van der Waals surface area contributed by atoms with Crippen molar-refractivity contribution in [3.05, 3.63) is 0 Å². The van der Waals surface area contributed by atoms with E-state index in [4.69, 9.17) is 5.11 Å². The van der Waals surface area contributed by atoms with Gasteiger partial charge in [0, 0.05) is 0 Å². The Morgan fingerprint density at radius 2 is 2.18 bits per heavy atom. The molecule has 0 atom stereocenters. The van der Waals surface area contributed by atoms with Crippen LogP contribution in [0.25, 0.3) is 0 Å². The second-order valence-electron chi connectivity index (χ2n) is 1.79. The zero-order valence-electron chi connectivity index (χ0n) is 6.58. The van der Waals surface area contributed by atoms with E-state index in [1.165, 1.54) is 0 Å². The molecular formula is C6H12AlO4+3. The van der Waals surface area contributed by atoms with Gasteiger partial charge in [0.15, 0.2) is 0 Å². The van der Waals surface area contributed by atoms with Crippen molar-refractivity contribution < 1.29 is 19.7 Å². The number of rotatable bonds is 5. The van der Waals surface area contributed by atoms with Gasteiger partial charge in [0.25, 0.3) is 0 Å². The van der Waals surface area contributed by atoms with Crippen LogP contribution in [0.3, 0.4) is 0 Å². The van der Waals surface area contributed by atoms with Crippen LogP contribution in [0, 0.1) is 0 Å². The smallest absolute Gasteiger partial charge is 0.385 e. The van der Waals surface area contributed by atoms with Crippen LogP contribution in [0.2, 0.25) is 0 Å². The molecule has 0 unspecified atom stereocenters. The normalized spacial score (nSPS) is 8.55. The van der Waals surface area contributed by atoms with Gasteiger partial charge < -0.3 is 5.11 Å². The summed E-state index contributed by atoms with van der Waals surface area (Å²) in [5, 5.41) is 8.14. The molecule has 0 rings (SSSR count). The molecule has 0 bridgehead atoms. The Morgan fingerprint density at radius 1 is 1.55 bits per heavy atom. The van der Waals surface area contributed by atoms with Crippen LogP contribution in [-0.2, 0) is 14.6 Å². The van der Waals surface area contributed by atoms with E-state index in [2.05, 4.69) is 9.78 Å². The standard InChI is InChI=1S/C6H12O4.Al/c1-2-3-4-9-10-6(8)5-7;/h7H,2-5H2,1H3;/q;+3. The van der Waals surface area contributed by atoms with E-state index < -0.39 is 12.6 Å². The van der Waals surface area contributed by atoms with Gasteiger partial charge in [0.05, 0.1) is 6.61 Å². The summed E-state index contributed by atoms with van der Waals surface area (Å²) >= 11 is 0. The molecule has 0 aromatic rings. The molecule has 0 aliphatic rings. The first-order valence-corrected chi connectivity index (χ1v) is 3.24. The van der Waals surface area contributed by atoms with Gasteiger partial charge in [-0.3, -0.25) is 4.89 Å². The molecule has 60 valence electrons. The van der Waals surface area contributed by atoms with Crippen molar-refractivity contribution in [1.29, 1.82) is 0 Å². The monoisotopic (exact) mass is 175 g/mol. The van der Waals surface area contributed by atoms with Crippen LogP contribution < -0.4 is 0 Å². The zero-order chi connectivity index (χ0) is 7.82. The van der Waals surface area contributed by atoms with Crippen molar-refractivity contribution in [2.45, 2.75) is 19.8 Å². The van der Waals surface area contributed by atoms with Crippen LogP contribution >= 0.6 is 0 Å². The molecule has 0 saturated heterocycles. The fourth-order valence-corrected chi connectivity index (χ4v) is 0.337. The van der Waals surface area contributed by atoms with Crippen molar-refractivity contribution in [3.8, 4) is 0 Å². The number of aliphatic hydroxyl groups is 1. The van der Waals surface area contributed by atoms with Crippen molar-refractivity contribution in [2.24, 2.45) is 0 Å². The summed E-state index contributed by atoms with van der Waals surface area (Å²) in [6, 6.07) is 0. The van der Waals surface area contributed by atoms with Crippen LogP contribution in [0.5, 0.6) is 0 Å². The van der Waals surface area contributed by atoms with Crippen LogP contribution in [0.1, 0.15) is 19.8 Å². The van der Waals surface area contributed by atoms with Gasteiger partial charge in [-0.25, -0.2) is 4.79 Å². The number of hydrogen-bond donors (Lipinski definition) is 1. The van der Waals surface area contributed by atoms with Crippen molar-refractivity contribution >= 4 is 23.3 Å². The van der Waals surface area contributed by atoms with Crippen molar-refractivity contribution in [1.82, 2.24) is 0 Å². The predicted octanol–water partition coefficient (Wildman–Crippen LogP) is -0.127. The SMILES string of the molecule is CCCCOOC(=O)CO.[Al+3]. The molecule has 0 fully saturated rings. The first-order valence-electron chi connectivity index (χ1n) is 3.24. The third-order valence-corrected chi connectivity index (χ3v) is 0.862. The molecule has 0 amide bonds. The summed E-state index contributed by atoms with van der Waals surface area (Å²) in [7, 11) is 0. The minimum Gasteiger partial charge on any atom is -0.385 e. The van der Waals surface area contributed by atoms with Gasteiger partial charge in [-0.05, 0) is 6.42 Å². The molecule has 5 heteroatoms. The third kappa shape index (κ3) is 9.92. The molecular weight excluding hydrogens is 163 g/mol. The first kappa shape index (κ1) is 13.5. The summed E-state index contributed by atoms with van der Waals surface area (Å²) in [5.74, 6) is -0.754. The fourth-order valence-electron chi connectivity index (χ4n) is 0.337. The fraction of sp³-hybridized carbons (Fsp3) is 0.833. The Balaban J connectivity index is 0. The topological polar surface area (TPSA) is 55.8 Å². The van der Waals surface area contributed by atoms with Crippen LogP contribution in [0.15, 0.2) is 0 Å². The molecule has 11 heavy (non-hydrogen) atoms. The summed E-state index contributed by atoms with van der Waals surface area (Å²) in [4.78, 5) is 18.7. The molecule has 1 N–H and O–H groups in total. The van der Waals surface area contributed by atoms with E-state index in [1.54, 1.807) is 0 Å². The molecule has 0 heterocycles. The van der Waals surface area contributed by atoms with E-state index in [0.29, 0.717) is 6.61 Å². The number of carbonyl (C=O) groups excluding carboxylic acids is 1. The second-order valence-corrected chi connectivity index (χ2v) is 1.79. The van der Waals surface area contributed by atoms with Crippen LogP contribution in [-0.4, -0.2) is 41.7 Å². The van der Waals surface area contributed by atoms with Gasteiger partial charge in [-0.15, -0.1) is 0 Å². The Bertz CT molecular complexity index is 96.6. The zero-order valence-corrected chi connectivity index (χ0v) is 7.73. The second kappa shape index (κ2) is 9.92. The number of carbonyl (C=O) groups is 1. The minimum atomic E-state index is -0.754. The average molecular weight is 175 g/mol. The minimum absolute atomic E-state index is 0. The van der Waals surface area contributed by atoms with Gasteiger partial charge in [0.2, 0.25) is 0 Å². The maximum Gasteiger partial charge on any atom is 3.00 e. The Morgan fingerprint density at radius 3 is 2.64 bits per heavy atom. The summed E-state index contributed by atoms with van der Waals surface area (Å²) in [6.07, 6.45) is 1.83. The Labute approximate surface area is 76.5 Å². The molecule has 0 radical (unpaired) electrons. The quantitative estimate of drug-likeness (QED) is 0.274. The Kier molecular flexibility index (Phi) is 12.2. The van der Waals surface area contributed by atoms with Crippen LogP contribution in [0.4, 0.5) is 0 Å². The van der Waals surface area contributed by atoms with E-state index in [-0.39, 0.29) is 17.4 Å². The van der Waals surface area contributed by atoms with Gasteiger partial charge in [0.1, 0.15) is 6.61 Å². The third-order valence-electron chi connectivity index (χ3n) is 0.862. The molecule has 0 spiro atoms.